The van der Waals surface area contributed by atoms with Gasteiger partial charge < -0.3 is 0 Å². The normalized spacial score (nSPS) is 17.3. The van der Waals surface area contributed by atoms with Crippen molar-refractivity contribution in [3.8, 4) is 0 Å². The Kier molecular flexibility index (Phi) is 4.70. The highest BCUT2D eigenvalue weighted by atomic mass is 35.5. The average molecular weight is 407 g/mol. The van der Waals surface area contributed by atoms with Crippen molar-refractivity contribution in [3.05, 3.63) is 87.1 Å². The van der Waals surface area contributed by atoms with Gasteiger partial charge in [-0.05, 0) is 35.2 Å². The molecule has 0 N–H and O–H groups in total. The standard InChI is InChI=1S/C20H14ClF3N2S/c21-16-9-8-14(20(22,23)24)11-17(16)26-12-15(13-5-2-1-3-6-13)19(25-26)18-7-4-10-27-18/h1-11,15H,12H2/t15-/m0/s1. The Balaban J connectivity index is 1.77. The lowest BCUT2D eigenvalue weighted by molar-refractivity contribution is -0.137. The lowest BCUT2D eigenvalue weighted by atomic mass is 9.94. The molecule has 1 aliphatic heterocycles. The van der Waals surface area contributed by atoms with Crippen LogP contribution in [0.5, 0.6) is 0 Å². The summed E-state index contributed by atoms with van der Waals surface area (Å²) in [6.07, 6.45) is -4.43. The first-order chi connectivity index (χ1) is 12.9. The number of hydrogen-bond acceptors (Lipinski definition) is 3. The van der Waals surface area contributed by atoms with Crippen molar-refractivity contribution in [3.63, 3.8) is 0 Å². The molecule has 0 bridgehead atoms. The Hall–Kier alpha value is -2.31. The molecule has 0 spiro atoms. The van der Waals surface area contributed by atoms with Gasteiger partial charge in [0, 0.05) is 5.92 Å². The van der Waals surface area contributed by atoms with Crippen LogP contribution in [0.15, 0.2) is 71.1 Å². The SMILES string of the molecule is FC(F)(F)c1ccc(Cl)c(N2C[C@@H](c3ccccc3)C(c3cccs3)=N2)c1. The van der Waals surface area contributed by atoms with Crippen molar-refractivity contribution in [1.29, 1.82) is 0 Å². The highest BCUT2D eigenvalue weighted by Gasteiger charge is 2.34. The van der Waals surface area contributed by atoms with Crippen molar-refractivity contribution >= 4 is 34.3 Å². The van der Waals surface area contributed by atoms with Crippen molar-refractivity contribution < 1.29 is 13.2 Å². The largest absolute Gasteiger partial charge is 0.416 e. The summed E-state index contributed by atoms with van der Waals surface area (Å²) in [6, 6.07) is 17.1. The van der Waals surface area contributed by atoms with Gasteiger partial charge in [0.1, 0.15) is 0 Å². The van der Waals surface area contributed by atoms with Crippen molar-refractivity contribution in [1.82, 2.24) is 0 Å². The van der Waals surface area contributed by atoms with Gasteiger partial charge in [0.05, 0.1) is 33.4 Å². The number of alkyl halides is 3. The fraction of sp³-hybridized carbons (Fsp3) is 0.150. The van der Waals surface area contributed by atoms with E-state index in [9.17, 15) is 13.2 Å². The first kappa shape index (κ1) is 18.1. The molecule has 2 nitrogen and oxygen atoms in total. The maximum Gasteiger partial charge on any atom is 0.416 e. The molecule has 1 atom stereocenters. The summed E-state index contributed by atoms with van der Waals surface area (Å²) in [4.78, 5) is 0.995. The molecule has 2 heterocycles. The summed E-state index contributed by atoms with van der Waals surface area (Å²) in [7, 11) is 0. The third-order valence-electron chi connectivity index (χ3n) is 4.44. The number of rotatable bonds is 3. The minimum absolute atomic E-state index is 0.0459. The van der Waals surface area contributed by atoms with Crippen LogP contribution in [0.1, 0.15) is 21.9 Å². The van der Waals surface area contributed by atoms with Gasteiger partial charge in [0.2, 0.25) is 0 Å². The summed E-state index contributed by atoms with van der Waals surface area (Å²) in [5, 5.41) is 8.42. The summed E-state index contributed by atoms with van der Waals surface area (Å²) in [6.45, 7) is 0.429. The summed E-state index contributed by atoms with van der Waals surface area (Å²) in [5.41, 5.74) is 1.43. The highest BCUT2D eigenvalue weighted by molar-refractivity contribution is 7.12. The van der Waals surface area contributed by atoms with Crippen LogP contribution in [-0.2, 0) is 6.18 Å². The Morgan fingerprint density at radius 1 is 1.04 bits per heavy atom. The minimum atomic E-state index is -4.43. The van der Waals surface area contributed by atoms with E-state index < -0.39 is 11.7 Å². The van der Waals surface area contributed by atoms with E-state index in [1.54, 1.807) is 16.3 Å². The van der Waals surface area contributed by atoms with Crippen LogP contribution in [0, 0.1) is 0 Å². The molecule has 27 heavy (non-hydrogen) atoms. The fourth-order valence-corrected chi connectivity index (χ4v) is 4.11. The van der Waals surface area contributed by atoms with Crippen LogP contribution >= 0.6 is 22.9 Å². The number of hydrazone groups is 1. The quantitative estimate of drug-likeness (QED) is 0.489. The third kappa shape index (κ3) is 3.59. The number of halogens is 4. The number of thiophene rings is 1. The van der Waals surface area contributed by atoms with E-state index >= 15 is 0 Å². The van der Waals surface area contributed by atoms with E-state index in [1.807, 2.05) is 47.8 Å². The Bertz CT molecular complexity index is 969. The molecule has 0 radical (unpaired) electrons. The Labute approximate surface area is 163 Å². The molecular formula is C20H14ClF3N2S. The molecule has 0 aliphatic carbocycles. The van der Waals surface area contributed by atoms with Crippen LogP contribution < -0.4 is 5.01 Å². The molecular weight excluding hydrogens is 393 g/mol. The minimum Gasteiger partial charge on any atom is -0.263 e. The van der Waals surface area contributed by atoms with Crippen LogP contribution in [0.3, 0.4) is 0 Å². The van der Waals surface area contributed by atoms with E-state index in [2.05, 4.69) is 5.10 Å². The second-order valence-corrected chi connectivity index (χ2v) is 7.53. The zero-order valence-corrected chi connectivity index (χ0v) is 15.5. The third-order valence-corrected chi connectivity index (χ3v) is 5.65. The Morgan fingerprint density at radius 3 is 2.48 bits per heavy atom. The van der Waals surface area contributed by atoms with Gasteiger partial charge in [-0.1, -0.05) is 48.0 Å². The molecule has 7 heteroatoms. The second kappa shape index (κ2) is 7.02. The van der Waals surface area contributed by atoms with Crippen LogP contribution in [0.4, 0.5) is 18.9 Å². The molecule has 0 unspecified atom stereocenters. The number of benzene rings is 2. The molecule has 2 aromatic carbocycles. The predicted octanol–water partition coefficient (Wildman–Crippen LogP) is 6.43. The molecule has 1 aliphatic rings. The van der Waals surface area contributed by atoms with E-state index in [0.29, 0.717) is 6.54 Å². The molecule has 138 valence electrons. The van der Waals surface area contributed by atoms with E-state index in [0.717, 1.165) is 28.3 Å². The highest BCUT2D eigenvalue weighted by Crippen LogP contribution is 2.39. The lowest BCUT2D eigenvalue weighted by Gasteiger charge is -2.19. The van der Waals surface area contributed by atoms with Gasteiger partial charge in [-0.3, -0.25) is 5.01 Å². The maximum atomic E-state index is 13.1. The van der Waals surface area contributed by atoms with Gasteiger partial charge in [0.15, 0.2) is 0 Å². The zero-order valence-electron chi connectivity index (χ0n) is 13.9. The number of nitrogens with zero attached hydrogens (tertiary/aromatic N) is 2. The molecule has 1 aromatic heterocycles. The van der Waals surface area contributed by atoms with Gasteiger partial charge >= 0.3 is 6.18 Å². The van der Waals surface area contributed by atoms with Gasteiger partial charge in [-0.15, -0.1) is 11.3 Å². The average Bonchev–Trinajstić information content (AvgIpc) is 3.31. The monoisotopic (exact) mass is 406 g/mol. The summed E-state index contributed by atoms with van der Waals surface area (Å²) < 4.78 is 39.4. The van der Waals surface area contributed by atoms with E-state index in [4.69, 9.17) is 11.6 Å². The lowest BCUT2D eigenvalue weighted by Crippen LogP contribution is -2.19. The van der Waals surface area contributed by atoms with E-state index in [1.165, 1.54) is 6.07 Å². The molecule has 0 fully saturated rings. The van der Waals surface area contributed by atoms with Gasteiger partial charge in [-0.2, -0.15) is 18.3 Å². The summed E-state index contributed by atoms with van der Waals surface area (Å²) >= 11 is 7.77. The van der Waals surface area contributed by atoms with Crippen LogP contribution in [0.2, 0.25) is 5.02 Å². The molecule has 3 aromatic rings. The van der Waals surface area contributed by atoms with Gasteiger partial charge in [-0.25, -0.2) is 0 Å². The van der Waals surface area contributed by atoms with Crippen molar-refractivity contribution in [2.45, 2.75) is 12.1 Å². The predicted molar refractivity (Wildman–Crippen MR) is 104 cm³/mol. The van der Waals surface area contributed by atoms with Gasteiger partial charge in [0.25, 0.3) is 0 Å². The molecule has 0 saturated heterocycles. The molecule has 4 rings (SSSR count). The summed E-state index contributed by atoms with van der Waals surface area (Å²) in [5.74, 6) is -0.0459. The van der Waals surface area contributed by atoms with Crippen LogP contribution in [-0.4, -0.2) is 12.3 Å². The second-order valence-electron chi connectivity index (χ2n) is 6.17. The molecule has 0 amide bonds. The smallest absolute Gasteiger partial charge is 0.263 e. The van der Waals surface area contributed by atoms with Crippen molar-refractivity contribution in [2.24, 2.45) is 5.10 Å². The molecule has 0 saturated carbocycles. The Morgan fingerprint density at radius 2 is 1.81 bits per heavy atom. The first-order valence-corrected chi connectivity index (χ1v) is 9.51. The van der Waals surface area contributed by atoms with Crippen molar-refractivity contribution in [2.75, 3.05) is 11.6 Å². The zero-order chi connectivity index (χ0) is 19.0. The first-order valence-electron chi connectivity index (χ1n) is 8.25. The number of hydrogen-bond donors (Lipinski definition) is 0. The number of anilines is 1. The van der Waals surface area contributed by atoms with E-state index in [-0.39, 0.29) is 16.6 Å². The van der Waals surface area contributed by atoms with Crippen LogP contribution in [0.25, 0.3) is 0 Å². The maximum absolute atomic E-state index is 13.1. The topological polar surface area (TPSA) is 15.6 Å². The fourth-order valence-electron chi connectivity index (χ4n) is 3.13.